The van der Waals surface area contributed by atoms with Gasteiger partial charge in [0.25, 0.3) is 5.91 Å². The molecule has 0 saturated heterocycles. The number of nitrogens with one attached hydrogen (secondary N) is 1. The van der Waals surface area contributed by atoms with Gasteiger partial charge in [-0.3, -0.25) is 4.79 Å². The summed E-state index contributed by atoms with van der Waals surface area (Å²) in [5.41, 5.74) is 2.37. The molecule has 0 aromatic heterocycles. The van der Waals surface area contributed by atoms with Crippen molar-refractivity contribution >= 4 is 50.7 Å². The summed E-state index contributed by atoms with van der Waals surface area (Å²) in [6, 6.07) is 8.79. The van der Waals surface area contributed by atoms with Crippen LogP contribution < -0.4 is 10.1 Å². The van der Waals surface area contributed by atoms with Gasteiger partial charge in [0.05, 0.1) is 10.7 Å². The summed E-state index contributed by atoms with van der Waals surface area (Å²) in [4.78, 5) is 12.3. The van der Waals surface area contributed by atoms with E-state index in [0.717, 1.165) is 15.6 Å². The Labute approximate surface area is 154 Å². The fourth-order valence-electron chi connectivity index (χ4n) is 2.14. The largest absolute Gasteiger partial charge is 0.480 e. The van der Waals surface area contributed by atoms with E-state index in [2.05, 4.69) is 21.2 Å². The molecular formula is C17H16BrCl2NO2. The van der Waals surface area contributed by atoms with Crippen molar-refractivity contribution in [3.63, 3.8) is 0 Å². The molecule has 0 heterocycles. The van der Waals surface area contributed by atoms with E-state index >= 15 is 0 Å². The lowest BCUT2D eigenvalue weighted by Crippen LogP contribution is -2.30. The van der Waals surface area contributed by atoms with Crippen molar-refractivity contribution in [1.29, 1.82) is 0 Å². The maximum atomic E-state index is 12.3. The zero-order valence-corrected chi connectivity index (χ0v) is 16.0. The molecular weight excluding hydrogens is 401 g/mol. The van der Waals surface area contributed by atoms with Crippen molar-refractivity contribution in [2.24, 2.45) is 0 Å². The Morgan fingerprint density at radius 3 is 2.39 bits per heavy atom. The molecule has 1 atom stereocenters. The number of aryl methyl sites for hydroxylation is 2. The van der Waals surface area contributed by atoms with Gasteiger partial charge in [-0.2, -0.15) is 0 Å². The van der Waals surface area contributed by atoms with E-state index in [1.165, 1.54) is 0 Å². The molecule has 0 aliphatic heterocycles. The zero-order chi connectivity index (χ0) is 17.1. The Kier molecular flexibility index (Phi) is 5.95. The average molecular weight is 417 g/mol. The molecule has 0 aliphatic rings. The molecule has 0 spiro atoms. The summed E-state index contributed by atoms with van der Waals surface area (Å²) >= 11 is 15.4. The summed E-state index contributed by atoms with van der Waals surface area (Å²) in [7, 11) is 0. The van der Waals surface area contributed by atoms with E-state index in [1.807, 2.05) is 26.0 Å². The standard InChI is InChI=1S/C17H16BrCl2NO2/c1-9-6-12(18)7-10(2)16(9)23-11(3)17(22)21-15-8-13(19)4-5-14(15)20/h4-8,11H,1-3H3,(H,21,22). The number of rotatable bonds is 4. The first-order valence-corrected chi connectivity index (χ1v) is 8.52. The van der Waals surface area contributed by atoms with Crippen LogP contribution in [0.5, 0.6) is 5.75 Å². The van der Waals surface area contributed by atoms with Crippen LogP contribution in [0.3, 0.4) is 0 Å². The van der Waals surface area contributed by atoms with Gasteiger partial charge in [0, 0.05) is 9.50 Å². The minimum atomic E-state index is -0.677. The highest BCUT2D eigenvalue weighted by Crippen LogP contribution is 2.29. The number of anilines is 1. The Hall–Kier alpha value is -1.23. The average Bonchev–Trinajstić information content (AvgIpc) is 2.46. The lowest BCUT2D eigenvalue weighted by molar-refractivity contribution is -0.122. The molecule has 3 nitrogen and oxygen atoms in total. The van der Waals surface area contributed by atoms with Gasteiger partial charge in [-0.1, -0.05) is 39.1 Å². The first-order valence-electron chi connectivity index (χ1n) is 6.97. The molecule has 1 N–H and O–H groups in total. The van der Waals surface area contributed by atoms with Crippen LogP contribution >= 0.6 is 39.1 Å². The Bertz CT molecular complexity index is 726. The van der Waals surface area contributed by atoms with Gasteiger partial charge in [-0.15, -0.1) is 0 Å². The van der Waals surface area contributed by atoms with Gasteiger partial charge < -0.3 is 10.1 Å². The van der Waals surface area contributed by atoms with Gasteiger partial charge >= 0.3 is 0 Å². The van der Waals surface area contributed by atoms with E-state index in [-0.39, 0.29) is 5.91 Å². The highest BCUT2D eigenvalue weighted by molar-refractivity contribution is 9.10. The second kappa shape index (κ2) is 7.56. The topological polar surface area (TPSA) is 38.3 Å². The van der Waals surface area contributed by atoms with Crippen LogP contribution in [0.1, 0.15) is 18.1 Å². The number of benzene rings is 2. The van der Waals surface area contributed by atoms with Crippen LogP contribution in [0.15, 0.2) is 34.8 Å². The molecule has 0 radical (unpaired) electrons. The van der Waals surface area contributed by atoms with Crippen LogP contribution in [0.2, 0.25) is 10.0 Å². The highest BCUT2D eigenvalue weighted by Gasteiger charge is 2.18. The van der Waals surface area contributed by atoms with Crippen molar-refractivity contribution in [3.8, 4) is 5.75 Å². The molecule has 1 amide bonds. The number of hydrogen-bond acceptors (Lipinski definition) is 2. The van der Waals surface area contributed by atoms with E-state index in [1.54, 1.807) is 25.1 Å². The molecule has 6 heteroatoms. The number of hydrogen-bond donors (Lipinski definition) is 1. The van der Waals surface area contributed by atoms with Crippen LogP contribution in [0.25, 0.3) is 0 Å². The number of amides is 1. The number of carbonyl (C=O) groups excluding carboxylic acids is 1. The third-order valence-corrected chi connectivity index (χ3v) is 4.30. The maximum Gasteiger partial charge on any atom is 0.265 e. The van der Waals surface area contributed by atoms with Gasteiger partial charge in [0.15, 0.2) is 6.10 Å². The van der Waals surface area contributed by atoms with Crippen LogP contribution in [-0.2, 0) is 4.79 Å². The molecule has 2 aromatic carbocycles. The fourth-order valence-corrected chi connectivity index (χ4v) is 3.16. The van der Waals surface area contributed by atoms with Gasteiger partial charge in [-0.25, -0.2) is 0 Å². The minimum absolute atomic E-state index is 0.295. The molecule has 122 valence electrons. The third kappa shape index (κ3) is 4.63. The monoisotopic (exact) mass is 415 g/mol. The SMILES string of the molecule is Cc1cc(Br)cc(C)c1OC(C)C(=O)Nc1cc(Cl)ccc1Cl. The summed E-state index contributed by atoms with van der Waals surface area (Å²) in [6.07, 6.45) is -0.677. The summed E-state index contributed by atoms with van der Waals surface area (Å²) < 4.78 is 6.80. The van der Waals surface area contributed by atoms with Gasteiger partial charge in [0.1, 0.15) is 5.75 Å². The summed E-state index contributed by atoms with van der Waals surface area (Å²) in [5, 5.41) is 3.65. The van der Waals surface area contributed by atoms with E-state index in [0.29, 0.717) is 21.5 Å². The lowest BCUT2D eigenvalue weighted by Gasteiger charge is -2.18. The Morgan fingerprint density at radius 1 is 1.17 bits per heavy atom. The van der Waals surface area contributed by atoms with Crippen LogP contribution in [0.4, 0.5) is 5.69 Å². The zero-order valence-electron chi connectivity index (χ0n) is 12.9. The van der Waals surface area contributed by atoms with E-state index in [4.69, 9.17) is 27.9 Å². The lowest BCUT2D eigenvalue weighted by atomic mass is 10.1. The van der Waals surface area contributed by atoms with Crippen molar-refractivity contribution in [1.82, 2.24) is 0 Å². The van der Waals surface area contributed by atoms with E-state index in [9.17, 15) is 4.79 Å². The molecule has 0 fully saturated rings. The number of carbonyl (C=O) groups is 1. The summed E-state index contributed by atoms with van der Waals surface area (Å²) in [5.74, 6) is 0.406. The smallest absolute Gasteiger partial charge is 0.265 e. The molecule has 0 saturated carbocycles. The molecule has 2 rings (SSSR count). The predicted octanol–water partition coefficient (Wildman–Crippen LogP) is 5.78. The second-order valence-electron chi connectivity index (χ2n) is 5.24. The van der Waals surface area contributed by atoms with Crippen molar-refractivity contribution in [2.75, 3.05) is 5.32 Å². The van der Waals surface area contributed by atoms with Crippen LogP contribution in [-0.4, -0.2) is 12.0 Å². The summed E-state index contributed by atoms with van der Waals surface area (Å²) in [6.45, 7) is 5.56. The Balaban J connectivity index is 2.13. The van der Waals surface area contributed by atoms with Crippen molar-refractivity contribution in [3.05, 3.63) is 56.0 Å². The van der Waals surface area contributed by atoms with E-state index < -0.39 is 6.10 Å². The molecule has 1 unspecified atom stereocenters. The van der Waals surface area contributed by atoms with Crippen molar-refractivity contribution < 1.29 is 9.53 Å². The quantitative estimate of drug-likeness (QED) is 0.685. The minimum Gasteiger partial charge on any atom is -0.480 e. The molecule has 23 heavy (non-hydrogen) atoms. The number of ether oxygens (including phenoxy) is 1. The Morgan fingerprint density at radius 2 is 1.78 bits per heavy atom. The predicted molar refractivity (Wildman–Crippen MR) is 98.8 cm³/mol. The first-order chi connectivity index (χ1) is 10.8. The second-order valence-corrected chi connectivity index (χ2v) is 7.00. The third-order valence-electron chi connectivity index (χ3n) is 3.28. The van der Waals surface area contributed by atoms with Crippen molar-refractivity contribution in [2.45, 2.75) is 26.9 Å². The van der Waals surface area contributed by atoms with Gasteiger partial charge in [-0.05, 0) is 62.2 Å². The molecule has 2 aromatic rings. The molecule has 0 aliphatic carbocycles. The molecule has 0 bridgehead atoms. The van der Waals surface area contributed by atoms with Crippen LogP contribution in [0, 0.1) is 13.8 Å². The maximum absolute atomic E-state index is 12.3. The first kappa shape index (κ1) is 18.1. The number of halogens is 3. The fraction of sp³-hybridized carbons (Fsp3) is 0.235. The normalized spacial score (nSPS) is 11.9. The van der Waals surface area contributed by atoms with Gasteiger partial charge in [0.2, 0.25) is 0 Å². The highest BCUT2D eigenvalue weighted by atomic mass is 79.9.